The van der Waals surface area contributed by atoms with Gasteiger partial charge >= 0.3 is 0 Å². The number of ether oxygens (including phenoxy) is 1. The first kappa shape index (κ1) is 13.1. The van der Waals surface area contributed by atoms with Crippen LogP contribution in [0.5, 0.6) is 5.75 Å². The molecule has 0 unspecified atom stereocenters. The molecular weight excluding hydrogens is 238 g/mol. The molecule has 3 nitrogen and oxygen atoms in total. The molecule has 0 heterocycles. The zero-order valence-electron chi connectivity index (χ0n) is 10.9. The molecule has 0 aliphatic carbocycles. The quantitative estimate of drug-likeness (QED) is 0.834. The molecule has 0 saturated heterocycles. The highest BCUT2D eigenvalue weighted by atomic mass is 16.5. The van der Waals surface area contributed by atoms with E-state index in [-0.39, 0.29) is 5.91 Å². The van der Waals surface area contributed by atoms with E-state index in [1.54, 1.807) is 12.1 Å². The second kappa shape index (κ2) is 6.59. The van der Waals surface area contributed by atoms with Crippen molar-refractivity contribution in [3.05, 3.63) is 65.7 Å². The third-order valence-electron chi connectivity index (χ3n) is 2.68. The second-order valence-electron chi connectivity index (χ2n) is 4.29. The van der Waals surface area contributed by atoms with Crippen LogP contribution in [0.2, 0.25) is 0 Å². The molecule has 0 saturated carbocycles. The van der Waals surface area contributed by atoms with Crippen molar-refractivity contribution < 1.29 is 9.53 Å². The molecule has 1 amide bonds. The normalized spacial score (nSPS) is 9.95. The predicted molar refractivity (Wildman–Crippen MR) is 75.4 cm³/mol. The lowest BCUT2D eigenvalue weighted by atomic mass is 10.2. The summed E-state index contributed by atoms with van der Waals surface area (Å²) < 4.78 is 5.56. The number of benzene rings is 2. The second-order valence-corrected chi connectivity index (χ2v) is 4.29. The molecule has 2 rings (SSSR count). The summed E-state index contributed by atoms with van der Waals surface area (Å²) in [6.45, 7) is 2.97. The van der Waals surface area contributed by atoms with Crippen LogP contribution < -0.4 is 10.1 Å². The van der Waals surface area contributed by atoms with Gasteiger partial charge in [-0.05, 0) is 36.8 Å². The summed E-state index contributed by atoms with van der Waals surface area (Å²) in [5.74, 6) is 0.752. The van der Waals surface area contributed by atoms with Crippen molar-refractivity contribution in [2.24, 2.45) is 0 Å². The van der Waals surface area contributed by atoms with E-state index in [4.69, 9.17) is 4.74 Å². The molecular formula is C16H17NO2. The lowest BCUT2D eigenvalue weighted by molar-refractivity contribution is 0.0947. The first-order valence-electron chi connectivity index (χ1n) is 6.28. The highest BCUT2D eigenvalue weighted by Crippen LogP contribution is 2.11. The number of nitrogens with one attached hydrogen (secondary N) is 1. The van der Waals surface area contributed by atoms with E-state index in [1.807, 2.05) is 49.4 Å². The highest BCUT2D eigenvalue weighted by Gasteiger charge is 2.02. The molecule has 0 atom stereocenters. The van der Waals surface area contributed by atoms with Gasteiger partial charge in [0.1, 0.15) is 12.4 Å². The van der Waals surface area contributed by atoms with Gasteiger partial charge in [0.15, 0.2) is 0 Å². The maximum Gasteiger partial charge on any atom is 0.251 e. The minimum Gasteiger partial charge on any atom is -0.492 e. The summed E-state index contributed by atoms with van der Waals surface area (Å²) in [6, 6.07) is 17.0. The topological polar surface area (TPSA) is 38.3 Å². The Kier molecular flexibility index (Phi) is 4.56. The van der Waals surface area contributed by atoms with Crippen LogP contribution in [0.4, 0.5) is 0 Å². The van der Waals surface area contributed by atoms with Crippen LogP contribution in [0.1, 0.15) is 15.9 Å². The van der Waals surface area contributed by atoms with E-state index in [1.165, 1.54) is 0 Å². The smallest absolute Gasteiger partial charge is 0.251 e. The average molecular weight is 255 g/mol. The highest BCUT2D eigenvalue weighted by molar-refractivity contribution is 5.94. The summed E-state index contributed by atoms with van der Waals surface area (Å²) in [5, 5.41) is 2.82. The van der Waals surface area contributed by atoms with Crippen molar-refractivity contribution in [1.29, 1.82) is 0 Å². The first-order chi connectivity index (χ1) is 9.25. The summed E-state index contributed by atoms with van der Waals surface area (Å²) in [5.41, 5.74) is 1.82. The van der Waals surface area contributed by atoms with Crippen LogP contribution >= 0.6 is 0 Å². The molecule has 2 aromatic carbocycles. The molecule has 0 radical (unpaired) electrons. The molecule has 0 bridgehead atoms. The van der Waals surface area contributed by atoms with E-state index in [2.05, 4.69) is 5.32 Å². The molecule has 19 heavy (non-hydrogen) atoms. The fourth-order valence-corrected chi connectivity index (χ4v) is 1.73. The Bertz CT molecular complexity index is 537. The molecule has 1 N–H and O–H groups in total. The monoisotopic (exact) mass is 255 g/mol. The van der Waals surface area contributed by atoms with Crippen molar-refractivity contribution in [2.45, 2.75) is 6.92 Å². The lowest BCUT2D eigenvalue weighted by Gasteiger charge is -2.08. The van der Waals surface area contributed by atoms with Crippen LogP contribution in [0.3, 0.4) is 0 Å². The number of hydrogen-bond acceptors (Lipinski definition) is 2. The van der Waals surface area contributed by atoms with Gasteiger partial charge in [-0.1, -0.05) is 30.3 Å². The van der Waals surface area contributed by atoms with Crippen LogP contribution in [0, 0.1) is 6.92 Å². The van der Waals surface area contributed by atoms with E-state index in [9.17, 15) is 4.79 Å². The Morgan fingerprint density at radius 3 is 2.63 bits per heavy atom. The maximum atomic E-state index is 11.7. The molecule has 0 spiro atoms. The molecule has 0 aromatic heterocycles. The molecule has 0 fully saturated rings. The van der Waals surface area contributed by atoms with Gasteiger partial charge in [-0.3, -0.25) is 4.79 Å². The number of rotatable bonds is 5. The van der Waals surface area contributed by atoms with Crippen molar-refractivity contribution in [3.8, 4) is 5.75 Å². The van der Waals surface area contributed by atoms with Gasteiger partial charge in [0.25, 0.3) is 5.91 Å². The number of hydrogen-bond donors (Lipinski definition) is 1. The fraction of sp³-hybridized carbons (Fsp3) is 0.188. The standard InChI is InChI=1S/C16H17NO2/c1-13-6-5-9-15(12-13)19-11-10-17-16(18)14-7-3-2-4-8-14/h2-9,12H,10-11H2,1H3,(H,17,18). The van der Waals surface area contributed by atoms with Gasteiger partial charge in [0.05, 0.1) is 6.54 Å². The predicted octanol–water partition coefficient (Wildman–Crippen LogP) is 2.80. The number of amides is 1. The molecule has 98 valence electrons. The van der Waals surface area contributed by atoms with Gasteiger partial charge in [0, 0.05) is 5.56 Å². The Balaban J connectivity index is 1.74. The van der Waals surface area contributed by atoms with Gasteiger partial charge in [-0.15, -0.1) is 0 Å². The largest absolute Gasteiger partial charge is 0.492 e. The Labute approximate surface area is 113 Å². The summed E-state index contributed by atoms with van der Waals surface area (Å²) in [7, 11) is 0. The zero-order chi connectivity index (χ0) is 13.5. The Morgan fingerprint density at radius 1 is 1.11 bits per heavy atom. The van der Waals surface area contributed by atoms with E-state index in [0.717, 1.165) is 11.3 Å². The molecule has 0 aliphatic rings. The Morgan fingerprint density at radius 2 is 1.89 bits per heavy atom. The van der Waals surface area contributed by atoms with Gasteiger partial charge in [0.2, 0.25) is 0 Å². The summed E-state index contributed by atoms with van der Waals surface area (Å²) in [4.78, 5) is 11.7. The summed E-state index contributed by atoms with van der Waals surface area (Å²) in [6.07, 6.45) is 0. The number of carbonyl (C=O) groups is 1. The minimum absolute atomic E-state index is 0.0755. The number of aryl methyl sites for hydroxylation is 1. The van der Waals surface area contributed by atoms with Crippen LogP contribution in [-0.2, 0) is 0 Å². The van der Waals surface area contributed by atoms with Crippen molar-refractivity contribution >= 4 is 5.91 Å². The van der Waals surface area contributed by atoms with Crippen molar-refractivity contribution in [1.82, 2.24) is 5.32 Å². The van der Waals surface area contributed by atoms with Gasteiger partial charge < -0.3 is 10.1 Å². The van der Waals surface area contributed by atoms with Crippen molar-refractivity contribution in [3.63, 3.8) is 0 Å². The van der Waals surface area contributed by atoms with E-state index < -0.39 is 0 Å². The summed E-state index contributed by atoms with van der Waals surface area (Å²) >= 11 is 0. The first-order valence-corrected chi connectivity index (χ1v) is 6.28. The SMILES string of the molecule is Cc1cccc(OCCNC(=O)c2ccccc2)c1. The fourth-order valence-electron chi connectivity index (χ4n) is 1.73. The average Bonchev–Trinajstić information content (AvgIpc) is 2.44. The van der Waals surface area contributed by atoms with E-state index >= 15 is 0 Å². The van der Waals surface area contributed by atoms with Crippen LogP contribution in [0.15, 0.2) is 54.6 Å². The van der Waals surface area contributed by atoms with Gasteiger partial charge in [-0.25, -0.2) is 0 Å². The van der Waals surface area contributed by atoms with Crippen LogP contribution in [-0.4, -0.2) is 19.1 Å². The third kappa shape index (κ3) is 4.14. The van der Waals surface area contributed by atoms with Gasteiger partial charge in [-0.2, -0.15) is 0 Å². The third-order valence-corrected chi connectivity index (χ3v) is 2.68. The minimum atomic E-state index is -0.0755. The Hall–Kier alpha value is -2.29. The molecule has 0 aliphatic heterocycles. The zero-order valence-corrected chi connectivity index (χ0v) is 10.9. The molecule has 2 aromatic rings. The lowest BCUT2D eigenvalue weighted by Crippen LogP contribution is -2.28. The maximum absolute atomic E-state index is 11.7. The van der Waals surface area contributed by atoms with E-state index in [0.29, 0.717) is 18.7 Å². The van der Waals surface area contributed by atoms with Crippen LogP contribution in [0.25, 0.3) is 0 Å². The molecule has 3 heteroatoms. The number of carbonyl (C=O) groups excluding carboxylic acids is 1. The van der Waals surface area contributed by atoms with Crippen molar-refractivity contribution in [2.75, 3.05) is 13.2 Å².